The van der Waals surface area contributed by atoms with Crippen molar-refractivity contribution in [2.45, 2.75) is 6.42 Å². The Balaban J connectivity index is 2.00. The van der Waals surface area contributed by atoms with Gasteiger partial charge >= 0.3 is 0 Å². The molecule has 1 aliphatic heterocycles. The van der Waals surface area contributed by atoms with E-state index in [9.17, 15) is 0 Å². The summed E-state index contributed by atoms with van der Waals surface area (Å²) in [6.07, 6.45) is 3.25. The molecule has 1 N–H and O–H groups in total. The summed E-state index contributed by atoms with van der Waals surface area (Å²) >= 11 is 0. The predicted octanol–water partition coefficient (Wildman–Crippen LogP) is 0.116. The maximum Gasteiger partial charge on any atom is 0.0685 e. The minimum atomic E-state index is 0.833. The number of nitrogens with one attached hydrogen (secondary N) is 1. The van der Waals surface area contributed by atoms with Gasteiger partial charge in [0.25, 0.3) is 0 Å². The van der Waals surface area contributed by atoms with Crippen molar-refractivity contribution < 1.29 is 4.84 Å². The molecular formula is C4H8NO. The van der Waals surface area contributed by atoms with Crippen LogP contribution in [0.15, 0.2) is 0 Å². The van der Waals surface area contributed by atoms with Crippen molar-refractivity contribution in [3.8, 4) is 0 Å². The van der Waals surface area contributed by atoms with Gasteiger partial charge in [0.2, 0.25) is 0 Å². The molecule has 0 aromatic carbocycles. The van der Waals surface area contributed by atoms with Gasteiger partial charge < -0.3 is 4.84 Å². The summed E-state index contributed by atoms with van der Waals surface area (Å²) in [5.41, 5.74) is 2.73. The topological polar surface area (TPSA) is 21.3 Å². The van der Waals surface area contributed by atoms with E-state index in [-0.39, 0.29) is 0 Å². The van der Waals surface area contributed by atoms with Crippen LogP contribution in [-0.4, -0.2) is 13.2 Å². The van der Waals surface area contributed by atoms with Gasteiger partial charge in [0.05, 0.1) is 6.61 Å². The van der Waals surface area contributed by atoms with E-state index in [0.717, 1.165) is 19.6 Å². The van der Waals surface area contributed by atoms with Crippen LogP contribution in [0.4, 0.5) is 0 Å². The van der Waals surface area contributed by atoms with Crippen molar-refractivity contribution in [2.24, 2.45) is 0 Å². The molecule has 1 heterocycles. The van der Waals surface area contributed by atoms with Crippen LogP contribution in [0.1, 0.15) is 6.42 Å². The van der Waals surface area contributed by atoms with Gasteiger partial charge in [-0.3, -0.25) is 0 Å². The number of hydrogen-bond donors (Lipinski definition) is 1. The van der Waals surface area contributed by atoms with Crippen molar-refractivity contribution >= 4 is 0 Å². The Hall–Kier alpha value is -0.0800. The van der Waals surface area contributed by atoms with Crippen LogP contribution in [0, 0.1) is 6.42 Å². The molecule has 1 aliphatic rings. The van der Waals surface area contributed by atoms with Crippen LogP contribution in [-0.2, 0) is 4.84 Å². The van der Waals surface area contributed by atoms with Crippen molar-refractivity contribution in [2.75, 3.05) is 13.2 Å². The Kier molecular flexibility index (Phi) is 1.47. The van der Waals surface area contributed by atoms with Crippen molar-refractivity contribution in [1.29, 1.82) is 0 Å². The van der Waals surface area contributed by atoms with Gasteiger partial charge in [0.1, 0.15) is 0 Å². The fourth-order valence-electron chi connectivity index (χ4n) is 0.434. The smallest absolute Gasteiger partial charge is 0.0685 e. The molecule has 0 saturated carbocycles. The van der Waals surface area contributed by atoms with Crippen molar-refractivity contribution in [1.82, 2.24) is 5.48 Å². The van der Waals surface area contributed by atoms with Crippen LogP contribution < -0.4 is 5.48 Å². The molecule has 2 nitrogen and oxygen atoms in total. The number of hydroxylamine groups is 1. The first-order chi connectivity index (χ1) is 3.00. The molecule has 0 amide bonds. The van der Waals surface area contributed by atoms with Crippen LogP contribution in [0.25, 0.3) is 0 Å². The number of hydrogen-bond acceptors (Lipinski definition) is 2. The van der Waals surface area contributed by atoms with E-state index in [1.165, 1.54) is 0 Å². The van der Waals surface area contributed by atoms with E-state index < -0.39 is 0 Å². The standard InChI is InChI=1S/C4H8NO/c1-2-4-6-5-3-1/h1,5H,2-4H2. The third-order valence-corrected chi connectivity index (χ3v) is 0.754. The second kappa shape index (κ2) is 2.16. The first-order valence-corrected chi connectivity index (χ1v) is 2.16. The fourth-order valence-corrected chi connectivity index (χ4v) is 0.434. The van der Waals surface area contributed by atoms with Crippen molar-refractivity contribution in [3.05, 3.63) is 6.42 Å². The molecule has 35 valence electrons. The molecule has 0 atom stereocenters. The summed E-state index contributed by atoms with van der Waals surface area (Å²) < 4.78 is 0. The molecule has 2 heteroatoms. The number of rotatable bonds is 0. The molecule has 0 aromatic rings. The minimum absolute atomic E-state index is 0.833. The zero-order valence-electron chi connectivity index (χ0n) is 3.61. The second-order valence-electron chi connectivity index (χ2n) is 1.27. The molecular weight excluding hydrogens is 78.0 g/mol. The van der Waals surface area contributed by atoms with Crippen LogP contribution >= 0.6 is 0 Å². The van der Waals surface area contributed by atoms with Crippen molar-refractivity contribution in [3.63, 3.8) is 0 Å². The van der Waals surface area contributed by atoms with Gasteiger partial charge in [-0.15, -0.1) is 0 Å². The van der Waals surface area contributed by atoms with Crippen LogP contribution in [0.2, 0.25) is 0 Å². The Morgan fingerprint density at radius 1 is 1.67 bits per heavy atom. The summed E-state index contributed by atoms with van der Waals surface area (Å²) in [5, 5.41) is 0. The highest BCUT2D eigenvalue weighted by molar-refractivity contribution is 4.66. The van der Waals surface area contributed by atoms with E-state index in [4.69, 9.17) is 4.84 Å². The largest absolute Gasteiger partial charge is 0.302 e. The Morgan fingerprint density at radius 2 is 2.67 bits per heavy atom. The zero-order chi connectivity index (χ0) is 4.24. The summed E-state index contributed by atoms with van der Waals surface area (Å²) in [6.45, 7) is 1.74. The zero-order valence-corrected chi connectivity index (χ0v) is 3.61. The minimum Gasteiger partial charge on any atom is -0.302 e. The first kappa shape index (κ1) is 4.09. The van der Waals surface area contributed by atoms with E-state index in [1.54, 1.807) is 0 Å². The summed E-state index contributed by atoms with van der Waals surface area (Å²) in [7, 11) is 0. The van der Waals surface area contributed by atoms with Gasteiger partial charge in [0.15, 0.2) is 0 Å². The molecule has 0 aromatic heterocycles. The average molecular weight is 86.1 g/mol. The lowest BCUT2D eigenvalue weighted by atomic mass is 10.3. The lowest BCUT2D eigenvalue weighted by molar-refractivity contribution is 0.0291. The average Bonchev–Trinajstić information content (AvgIpc) is 1.72. The van der Waals surface area contributed by atoms with Gasteiger partial charge in [-0.05, 0) is 12.8 Å². The second-order valence-corrected chi connectivity index (χ2v) is 1.27. The SMILES string of the molecule is [CH]1CCONC1. The van der Waals surface area contributed by atoms with Crippen LogP contribution in [0.3, 0.4) is 0 Å². The first-order valence-electron chi connectivity index (χ1n) is 2.16. The highest BCUT2D eigenvalue weighted by atomic mass is 16.6. The normalized spacial score (nSPS) is 24.0. The maximum absolute atomic E-state index is 4.79. The van der Waals surface area contributed by atoms with E-state index in [2.05, 4.69) is 11.9 Å². The molecule has 1 fully saturated rings. The highest BCUT2D eigenvalue weighted by Gasteiger charge is 1.94. The van der Waals surface area contributed by atoms with Gasteiger partial charge in [0, 0.05) is 6.54 Å². The Morgan fingerprint density at radius 3 is 2.83 bits per heavy atom. The molecule has 1 rings (SSSR count). The summed E-state index contributed by atoms with van der Waals surface area (Å²) in [5.74, 6) is 0. The van der Waals surface area contributed by atoms with Gasteiger partial charge in [-0.1, -0.05) is 0 Å². The molecule has 1 saturated heterocycles. The van der Waals surface area contributed by atoms with E-state index in [1.807, 2.05) is 0 Å². The third-order valence-electron chi connectivity index (χ3n) is 0.754. The van der Waals surface area contributed by atoms with E-state index in [0.29, 0.717) is 0 Å². The molecule has 0 aliphatic carbocycles. The summed E-state index contributed by atoms with van der Waals surface area (Å²) in [4.78, 5) is 4.79. The summed E-state index contributed by atoms with van der Waals surface area (Å²) in [6, 6.07) is 0. The lowest BCUT2D eigenvalue weighted by Crippen LogP contribution is -2.22. The van der Waals surface area contributed by atoms with Crippen LogP contribution in [0.5, 0.6) is 0 Å². The van der Waals surface area contributed by atoms with E-state index >= 15 is 0 Å². The predicted molar refractivity (Wildman–Crippen MR) is 22.9 cm³/mol. The lowest BCUT2D eigenvalue weighted by Gasteiger charge is -2.09. The van der Waals surface area contributed by atoms with Gasteiger partial charge in [-0.25, -0.2) is 5.48 Å². The molecule has 6 heavy (non-hydrogen) atoms. The molecule has 1 radical (unpaired) electrons. The monoisotopic (exact) mass is 86.1 g/mol. The molecule has 0 unspecified atom stereocenters. The fraction of sp³-hybridized carbons (Fsp3) is 0.750. The Bertz CT molecular complexity index is 23.0. The highest BCUT2D eigenvalue weighted by Crippen LogP contribution is 1.89. The third kappa shape index (κ3) is 0.954. The Labute approximate surface area is 37.4 Å². The van der Waals surface area contributed by atoms with Gasteiger partial charge in [-0.2, -0.15) is 0 Å². The quantitative estimate of drug-likeness (QED) is 0.452. The molecule has 0 bridgehead atoms. The molecule has 0 spiro atoms. The maximum atomic E-state index is 4.79.